The number of methoxy groups -OCH3 is 1. The Kier molecular flexibility index (Phi) is 6.30. The highest BCUT2D eigenvalue weighted by atomic mass is 28.2. The molecular formula is C29H30N6O2Si. The van der Waals surface area contributed by atoms with Gasteiger partial charge in [0.15, 0.2) is 0 Å². The van der Waals surface area contributed by atoms with Crippen LogP contribution in [0.15, 0.2) is 55.6 Å². The summed E-state index contributed by atoms with van der Waals surface area (Å²) in [7, 11) is 2.47. The van der Waals surface area contributed by atoms with E-state index in [0.29, 0.717) is 29.5 Å². The van der Waals surface area contributed by atoms with Crippen molar-refractivity contribution in [3.05, 3.63) is 66.8 Å². The summed E-state index contributed by atoms with van der Waals surface area (Å²) in [6.45, 7) is 7.97. The number of carbonyl (C=O) groups excluding carboxylic acids is 1. The van der Waals surface area contributed by atoms with Gasteiger partial charge in [-0.05, 0) is 55.1 Å². The van der Waals surface area contributed by atoms with Crippen LogP contribution in [-0.4, -0.2) is 65.7 Å². The van der Waals surface area contributed by atoms with Crippen molar-refractivity contribution in [3.8, 4) is 11.8 Å². The molecule has 2 fully saturated rings. The number of likely N-dealkylation sites (tertiary alicyclic amines) is 1. The Labute approximate surface area is 224 Å². The number of imidazole rings is 1. The number of benzene rings is 1. The van der Waals surface area contributed by atoms with Crippen molar-refractivity contribution in [1.29, 1.82) is 0 Å². The first kappa shape index (κ1) is 24.5. The van der Waals surface area contributed by atoms with Crippen LogP contribution < -0.4 is 5.73 Å². The molecule has 2 aliphatic rings. The van der Waals surface area contributed by atoms with Crippen LogP contribution in [0.3, 0.4) is 0 Å². The molecule has 5 heterocycles. The van der Waals surface area contributed by atoms with Crippen molar-refractivity contribution in [2.75, 3.05) is 26.0 Å². The molecule has 1 aromatic carbocycles. The second-order valence-electron chi connectivity index (χ2n) is 9.96. The van der Waals surface area contributed by atoms with Crippen molar-refractivity contribution in [2.24, 2.45) is 5.92 Å². The molecule has 2 radical (unpaired) electrons. The Balaban J connectivity index is 1.29. The predicted molar refractivity (Wildman–Crippen MR) is 150 cm³/mol. The molecule has 0 spiro atoms. The summed E-state index contributed by atoms with van der Waals surface area (Å²) in [5.41, 5.74) is 12.1. The molecule has 0 bridgehead atoms. The number of amides is 1. The fourth-order valence-electron chi connectivity index (χ4n) is 5.83. The second-order valence-corrected chi connectivity index (χ2v) is 11.6. The largest absolute Gasteiger partial charge is 0.383 e. The summed E-state index contributed by atoms with van der Waals surface area (Å²) >= 11 is 0. The normalized spacial score (nSPS) is 22.5. The Bertz CT molecular complexity index is 1610. The third-order valence-electron chi connectivity index (χ3n) is 7.74. The van der Waals surface area contributed by atoms with Crippen molar-refractivity contribution < 1.29 is 9.53 Å². The van der Waals surface area contributed by atoms with Gasteiger partial charge in [-0.2, -0.15) is 0 Å². The number of pyridine rings is 1. The molecule has 2 N–H and O–H groups in total. The second kappa shape index (κ2) is 9.78. The summed E-state index contributed by atoms with van der Waals surface area (Å²) < 4.78 is 9.85. The van der Waals surface area contributed by atoms with Gasteiger partial charge in [0.2, 0.25) is 5.91 Å². The standard InChI is InChI=1S/C29H30N6O2Si/c1-4-25(36)34-15-20(13-21(34)16-37-3)27-29(38-27)35-14-19(26-24(35)10-11-31-28(26)30)8-6-18-7-9-23-22(12-18)32-17-33(23)5-2/h4,7,9-12,14,17,20-21,27,29H,1,5,13,15-16H2,2-3H3,(H2,30,31)/t20?,21-,27?,29?/m1/s1. The highest BCUT2D eigenvalue weighted by Crippen LogP contribution is 2.51. The summed E-state index contributed by atoms with van der Waals surface area (Å²) in [5.74, 6) is 7.60. The number of nitrogens with zero attached hydrogens (tertiary/aromatic N) is 5. The average molecular weight is 523 g/mol. The van der Waals surface area contributed by atoms with Crippen LogP contribution in [0.25, 0.3) is 21.9 Å². The van der Waals surface area contributed by atoms with Gasteiger partial charge in [0.1, 0.15) is 5.82 Å². The molecule has 3 unspecified atom stereocenters. The van der Waals surface area contributed by atoms with Crippen molar-refractivity contribution in [3.63, 3.8) is 0 Å². The van der Waals surface area contributed by atoms with Gasteiger partial charge in [0.05, 0.1) is 56.0 Å². The molecule has 3 aromatic heterocycles. The van der Waals surface area contributed by atoms with E-state index in [-0.39, 0.29) is 11.9 Å². The molecule has 6 rings (SSSR count). The smallest absolute Gasteiger partial charge is 0.246 e. The predicted octanol–water partition coefficient (Wildman–Crippen LogP) is 3.44. The number of carbonyl (C=O) groups is 1. The van der Waals surface area contributed by atoms with E-state index in [4.69, 9.17) is 10.5 Å². The Morgan fingerprint density at radius 2 is 2.16 bits per heavy atom. The molecule has 192 valence electrons. The lowest BCUT2D eigenvalue weighted by molar-refractivity contribution is -0.127. The zero-order valence-corrected chi connectivity index (χ0v) is 22.6. The number of anilines is 1. The number of hydrogen-bond acceptors (Lipinski definition) is 5. The van der Waals surface area contributed by atoms with Crippen LogP contribution in [0.1, 0.15) is 30.1 Å². The third kappa shape index (κ3) is 4.20. The van der Waals surface area contributed by atoms with Gasteiger partial charge in [-0.15, -0.1) is 0 Å². The number of hydrogen-bond donors (Lipinski definition) is 1. The van der Waals surface area contributed by atoms with Crippen LogP contribution in [0, 0.1) is 17.8 Å². The van der Waals surface area contributed by atoms with E-state index in [9.17, 15) is 4.79 Å². The van der Waals surface area contributed by atoms with Crippen LogP contribution in [0.2, 0.25) is 5.54 Å². The first-order valence-corrected chi connectivity index (χ1v) is 14.1. The molecule has 0 aliphatic carbocycles. The topological polar surface area (TPSA) is 91.2 Å². The lowest BCUT2D eigenvalue weighted by Gasteiger charge is -2.22. The molecule has 0 saturated carbocycles. The highest BCUT2D eigenvalue weighted by molar-refractivity contribution is 6.52. The van der Waals surface area contributed by atoms with Gasteiger partial charge in [-0.25, -0.2) is 9.97 Å². The van der Waals surface area contributed by atoms with Gasteiger partial charge in [0.25, 0.3) is 0 Å². The number of nitrogen functional groups attached to an aromatic ring is 1. The zero-order chi connectivity index (χ0) is 26.4. The Morgan fingerprint density at radius 1 is 1.29 bits per heavy atom. The summed E-state index contributed by atoms with van der Waals surface area (Å²) in [6.07, 6.45) is 8.12. The number of ether oxygens (including phenoxy) is 1. The average Bonchev–Trinajstić information content (AvgIpc) is 3.25. The third-order valence-corrected chi connectivity index (χ3v) is 9.51. The number of aryl methyl sites for hydroxylation is 1. The van der Waals surface area contributed by atoms with Crippen LogP contribution >= 0.6 is 0 Å². The van der Waals surface area contributed by atoms with E-state index in [1.165, 1.54) is 6.08 Å². The molecular weight excluding hydrogens is 492 g/mol. The lowest BCUT2D eigenvalue weighted by atomic mass is 10.0. The van der Waals surface area contributed by atoms with E-state index in [2.05, 4.69) is 56.7 Å². The molecule has 9 heteroatoms. The first-order valence-electron chi connectivity index (χ1n) is 12.9. The SMILES string of the molecule is C=CC(=O)N1CC(C2[Si]C2n2cc(C#Cc3ccc4c(c3)ncn4CC)c3c(N)nccc32)C[C@@H]1COC. The van der Waals surface area contributed by atoms with Crippen molar-refractivity contribution >= 4 is 43.2 Å². The van der Waals surface area contributed by atoms with Crippen LogP contribution in [0.4, 0.5) is 5.82 Å². The van der Waals surface area contributed by atoms with E-state index in [0.717, 1.165) is 62.1 Å². The quantitative estimate of drug-likeness (QED) is 0.238. The highest BCUT2D eigenvalue weighted by Gasteiger charge is 2.50. The van der Waals surface area contributed by atoms with E-state index in [1.807, 2.05) is 29.4 Å². The maximum Gasteiger partial charge on any atom is 0.246 e. The summed E-state index contributed by atoms with van der Waals surface area (Å²) in [6, 6.07) is 8.26. The van der Waals surface area contributed by atoms with Gasteiger partial charge in [-0.3, -0.25) is 4.79 Å². The van der Waals surface area contributed by atoms with Crippen LogP contribution in [0.5, 0.6) is 0 Å². The Hall–Kier alpha value is -3.87. The maximum absolute atomic E-state index is 12.4. The minimum absolute atomic E-state index is 0.0162. The van der Waals surface area contributed by atoms with E-state index < -0.39 is 0 Å². The minimum atomic E-state index is -0.0162. The van der Waals surface area contributed by atoms with Gasteiger partial charge < -0.3 is 24.5 Å². The number of nitrogens with two attached hydrogens (primary N) is 1. The fourth-order valence-corrected chi connectivity index (χ4v) is 7.43. The molecule has 2 saturated heterocycles. The van der Waals surface area contributed by atoms with Gasteiger partial charge >= 0.3 is 0 Å². The zero-order valence-electron chi connectivity index (χ0n) is 21.6. The molecule has 8 nitrogen and oxygen atoms in total. The maximum atomic E-state index is 12.4. The number of fused-ring (bicyclic) bond motifs is 2. The lowest BCUT2D eigenvalue weighted by Crippen LogP contribution is -2.37. The molecule has 38 heavy (non-hydrogen) atoms. The first-order chi connectivity index (χ1) is 18.5. The minimum Gasteiger partial charge on any atom is -0.383 e. The summed E-state index contributed by atoms with van der Waals surface area (Å²) in [5, 5.41) is 0.902. The van der Waals surface area contributed by atoms with Crippen molar-refractivity contribution in [2.45, 2.75) is 37.1 Å². The van der Waals surface area contributed by atoms with Gasteiger partial charge in [-0.1, -0.05) is 18.4 Å². The number of aromatic nitrogens is 4. The molecule has 4 atom stereocenters. The molecule has 2 aliphatic heterocycles. The Morgan fingerprint density at radius 3 is 2.95 bits per heavy atom. The summed E-state index contributed by atoms with van der Waals surface area (Å²) in [4.78, 5) is 23.2. The van der Waals surface area contributed by atoms with Crippen molar-refractivity contribution in [1.82, 2.24) is 24.0 Å². The monoisotopic (exact) mass is 522 g/mol. The van der Waals surface area contributed by atoms with Gasteiger partial charge in [0, 0.05) is 43.8 Å². The van der Waals surface area contributed by atoms with Crippen LogP contribution in [-0.2, 0) is 16.1 Å². The molecule has 1 amide bonds. The van der Waals surface area contributed by atoms with E-state index in [1.54, 1.807) is 13.3 Å². The number of rotatable bonds is 6. The molecule has 4 aromatic rings. The van der Waals surface area contributed by atoms with E-state index >= 15 is 0 Å². The fraction of sp³-hybridized carbons (Fsp3) is 0.345.